The van der Waals surface area contributed by atoms with Crippen LogP contribution in [0.1, 0.15) is 25.3 Å². The van der Waals surface area contributed by atoms with Gasteiger partial charge in [-0.3, -0.25) is 4.79 Å². The summed E-state index contributed by atoms with van der Waals surface area (Å²) in [6.45, 7) is 1.92. The van der Waals surface area contributed by atoms with Crippen molar-refractivity contribution in [3.8, 4) is 0 Å². The number of anilines is 1. The summed E-state index contributed by atoms with van der Waals surface area (Å²) in [5.74, 6) is -0.362. The molecule has 0 unspecified atom stereocenters. The Kier molecular flexibility index (Phi) is 6.53. The van der Waals surface area contributed by atoms with E-state index >= 15 is 0 Å². The highest BCUT2D eigenvalue weighted by molar-refractivity contribution is 7.91. The number of carbonyl (C=O) groups excluding carboxylic acids is 1. The van der Waals surface area contributed by atoms with Crippen molar-refractivity contribution in [3.05, 3.63) is 47.3 Å². The topological polar surface area (TPSA) is 66.5 Å². The molecular weight excluding hydrogens is 344 g/mol. The summed E-state index contributed by atoms with van der Waals surface area (Å²) in [6.07, 6.45) is 3.30. The minimum Gasteiger partial charge on any atom is -0.325 e. The molecule has 0 radical (unpaired) electrons. The Labute approximate surface area is 147 Å². The molecule has 0 fully saturated rings. The zero-order valence-corrected chi connectivity index (χ0v) is 15.5. The fourth-order valence-corrected chi connectivity index (χ4v) is 4.52. The lowest BCUT2D eigenvalue weighted by Crippen LogP contribution is -2.34. The van der Waals surface area contributed by atoms with Gasteiger partial charge >= 0.3 is 0 Å². The molecule has 1 aromatic carbocycles. The molecule has 0 atom stereocenters. The molecule has 0 aliphatic heterocycles. The molecule has 0 saturated carbocycles. The second-order valence-corrected chi connectivity index (χ2v) is 8.76. The van der Waals surface area contributed by atoms with Crippen LogP contribution in [0.5, 0.6) is 0 Å². The van der Waals surface area contributed by atoms with Crippen LogP contribution in [0, 0.1) is 0 Å². The average molecular weight is 367 g/mol. The first-order chi connectivity index (χ1) is 11.4. The summed E-state index contributed by atoms with van der Waals surface area (Å²) >= 11 is 1.14. The molecule has 1 aromatic heterocycles. The Balaban J connectivity index is 1.93. The second-order valence-electron chi connectivity index (χ2n) is 5.54. The minimum atomic E-state index is -3.61. The highest BCUT2D eigenvalue weighted by Gasteiger charge is 2.23. The van der Waals surface area contributed by atoms with E-state index in [-0.39, 0.29) is 16.7 Å². The fourth-order valence-electron chi connectivity index (χ4n) is 2.19. The lowest BCUT2D eigenvalue weighted by atomic mass is 10.1. The first-order valence-corrected chi connectivity index (χ1v) is 10.1. The average Bonchev–Trinajstić information content (AvgIpc) is 3.09. The van der Waals surface area contributed by atoms with Crippen molar-refractivity contribution in [2.75, 3.05) is 18.9 Å². The van der Waals surface area contributed by atoms with Gasteiger partial charge in [-0.2, -0.15) is 4.31 Å². The van der Waals surface area contributed by atoms with Crippen molar-refractivity contribution in [1.29, 1.82) is 0 Å². The molecule has 24 heavy (non-hydrogen) atoms. The van der Waals surface area contributed by atoms with Crippen molar-refractivity contribution >= 4 is 33.0 Å². The van der Waals surface area contributed by atoms with E-state index in [0.29, 0.717) is 5.69 Å². The van der Waals surface area contributed by atoms with Gasteiger partial charge in [0.15, 0.2) is 0 Å². The van der Waals surface area contributed by atoms with Gasteiger partial charge < -0.3 is 5.32 Å². The third-order valence-corrected chi connectivity index (χ3v) is 6.76. The fraction of sp³-hybridized carbons (Fsp3) is 0.353. The van der Waals surface area contributed by atoms with Gasteiger partial charge in [-0.15, -0.1) is 11.3 Å². The number of rotatable bonds is 8. The second kappa shape index (κ2) is 8.41. The van der Waals surface area contributed by atoms with Gasteiger partial charge in [-0.1, -0.05) is 31.5 Å². The zero-order valence-electron chi connectivity index (χ0n) is 13.9. The third kappa shape index (κ3) is 4.90. The molecule has 2 aromatic rings. The normalized spacial score (nSPS) is 11.6. The summed E-state index contributed by atoms with van der Waals surface area (Å²) in [7, 11) is -2.20. The molecule has 0 aliphatic rings. The summed E-state index contributed by atoms with van der Waals surface area (Å²) in [6, 6.07) is 10.9. The number of nitrogens with one attached hydrogen (secondary N) is 1. The summed E-state index contributed by atoms with van der Waals surface area (Å²) in [5, 5.41) is 4.43. The van der Waals surface area contributed by atoms with Gasteiger partial charge in [0, 0.05) is 12.7 Å². The van der Waals surface area contributed by atoms with E-state index in [0.717, 1.165) is 34.9 Å². The summed E-state index contributed by atoms with van der Waals surface area (Å²) in [4.78, 5) is 12.1. The molecule has 0 aliphatic carbocycles. The molecule has 2 rings (SSSR count). The molecule has 1 N–H and O–H groups in total. The van der Waals surface area contributed by atoms with Crippen LogP contribution in [-0.2, 0) is 21.2 Å². The summed E-state index contributed by atoms with van der Waals surface area (Å²) in [5.41, 5.74) is 1.90. The van der Waals surface area contributed by atoms with E-state index < -0.39 is 10.0 Å². The molecule has 1 heterocycles. The van der Waals surface area contributed by atoms with Crippen LogP contribution in [0.25, 0.3) is 0 Å². The van der Waals surface area contributed by atoms with Crippen molar-refractivity contribution in [2.45, 2.75) is 30.4 Å². The number of hydrogen-bond acceptors (Lipinski definition) is 4. The van der Waals surface area contributed by atoms with Gasteiger partial charge in [-0.05, 0) is 42.0 Å². The van der Waals surface area contributed by atoms with Crippen molar-refractivity contribution in [3.63, 3.8) is 0 Å². The maximum atomic E-state index is 12.3. The standard InChI is InChI=1S/C17H22N2O3S2/c1-3-4-6-14-8-10-15(11-9-14)18-16(20)13-19(2)24(21,22)17-7-5-12-23-17/h5,7-12H,3-4,6,13H2,1-2H3,(H,18,20). The number of hydrogen-bond donors (Lipinski definition) is 1. The molecule has 130 valence electrons. The number of nitrogens with zero attached hydrogens (tertiary/aromatic N) is 1. The predicted molar refractivity (Wildman–Crippen MR) is 97.8 cm³/mol. The van der Waals surface area contributed by atoms with Gasteiger partial charge in [0.05, 0.1) is 6.54 Å². The van der Waals surface area contributed by atoms with Gasteiger partial charge in [0.1, 0.15) is 4.21 Å². The van der Waals surface area contributed by atoms with E-state index in [1.807, 2.05) is 24.3 Å². The number of unbranched alkanes of at least 4 members (excludes halogenated alkanes) is 1. The highest BCUT2D eigenvalue weighted by Crippen LogP contribution is 2.19. The third-order valence-electron chi connectivity index (χ3n) is 3.58. The lowest BCUT2D eigenvalue weighted by molar-refractivity contribution is -0.116. The van der Waals surface area contributed by atoms with Crippen LogP contribution in [0.3, 0.4) is 0 Å². The molecule has 1 amide bonds. The zero-order chi connectivity index (χ0) is 17.6. The van der Waals surface area contributed by atoms with Crippen molar-refractivity contribution < 1.29 is 13.2 Å². The predicted octanol–water partition coefficient (Wildman–Crippen LogP) is 3.35. The van der Waals surface area contributed by atoms with Crippen LogP contribution < -0.4 is 5.32 Å². The van der Waals surface area contributed by atoms with Crippen molar-refractivity contribution in [1.82, 2.24) is 4.31 Å². The minimum absolute atomic E-state index is 0.224. The van der Waals surface area contributed by atoms with Crippen LogP contribution in [0.4, 0.5) is 5.69 Å². The van der Waals surface area contributed by atoms with E-state index in [4.69, 9.17) is 0 Å². The monoisotopic (exact) mass is 366 g/mol. The number of carbonyl (C=O) groups is 1. The van der Waals surface area contributed by atoms with Crippen molar-refractivity contribution in [2.24, 2.45) is 0 Å². The number of amides is 1. The van der Waals surface area contributed by atoms with Crippen LogP contribution in [-0.4, -0.2) is 32.2 Å². The van der Waals surface area contributed by atoms with E-state index in [9.17, 15) is 13.2 Å². The molecule has 0 spiro atoms. The largest absolute Gasteiger partial charge is 0.325 e. The SMILES string of the molecule is CCCCc1ccc(NC(=O)CN(C)S(=O)(=O)c2cccs2)cc1. The number of sulfonamides is 1. The molecule has 0 bridgehead atoms. The Hall–Kier alpha value is -1.70. The molecular formula is C17H22N2O3S2. The first kappa shape index (κ1) is 18.6. The van der Waals surface area contributed by atoms with E-state index in [1.54, 1.807) is 11.4 Å². The number of likely N-dealkylation sites (N-methyl/N-ethyl adjacent to an activating group) is 1. The van der Waals surface area contributed by atoms with Crippen LogP contribution in [0.2, 0.25) is 0 Å². The number of thiophene rings is 1. The first-order valence-electron chi connectivity index (χ1n) is 7.82. The lowest BCUT2D eigenvalue weighted by Gasteiger charge is -2.15. The Bertz CT molecular complexity index is 754. The molecule has 5 nitrogen and oxygen atoms in total. The Morgan fingerprint density at radius 1 is 1.21 bits per heavy atom. The van der Waals surface area contributed by atoms with Crippen LogP contribution in [0.15, 0.2) is 46.0 Å². The molecule has 7 heteroatoms. The van der Waals surface area contributed by atoms with Gasteiger partial charge in [0.2, 0.25) is 5.91 Å². The maximum absolute atomic E-state index is 12.3. The van der Waals surface area contributed by atoms with Gasteiger partial charge in [0.25, 0.3) is 10.0 Å². The number of aryl methyl sites for hydroxylation is 1. The Morgan fingerprint density at radius 2 is 1.92 bits per heavy atom. The van der Waals surface area contributed by atoms with Crippen LogP contribution >= 0.6 is 11.3 Å². The molecule has 0 saturated heterocycles. The van der Waals surface area contributed by atoms with Gasteiger partial charge in [-0.25, -0.2) is 8.42 Å². The smallest absolute Gasteiger partial charge is 0.252 e. The summed E-state index contributed by atoms with van der Waals surface area (Å²) < 4.78 is 25.9. The highest BCUT2D eigenvalue weighted by atomic mass is 32.2. The quantitative estimate of drug-likeness (QED) is 0.779. The van der Waals surface area contributed by atoms with E-state index in [1.165, 1.54) is 18.7 Å². The number of benzene rings is 1. The maximum Gasteiger partial charge on any atom is 0.252 e. The van der Waals surface area contributed by atoms with E-state index in [2.05, 4.69) is 12.2 Å². The Morgan fingerprint density at radius 3 is 2.50 bits per heavy atom.